The van der Waals surface area contributed by atoms with Crippen molar-refractivity contribution in [2.75, 3.05) is 18.2 Å². The van der Waals surface area contributed by atoms with E-state index in [9.17, 15) is 14.5 Å². The Morgan fingerprint density at radius 1 is 1.24 bits per heavy atom. The number of nitrogens with zero attached hydrogens (tertiary/aromatic N) is 2. The summed E-state index contributed by atoms with van der Waals surface area (Å²) in [6.07, 6.45) is 2.00. The molecule has 0 N–H and O–H groups in total. The van der Waals surface area contributed by atoms with Crippen LogP contribution in [0, 0.1) is 15.9 Å². The second-order valence-corrected chi connectivity index (χ2v) is 5.47. The minimum absolute atomic E-state index is 0.224. The molecule has 2 aromatic carbocycles. The van der Waals surface area contributed by atoms with Gasteiger partial charge in [-0.3, -0.25) is 10.1 Å². The zero-order valence-corrected chi connectivity index (χ0v) is 12.6. The lowest BCUT2D eigenvalue weighted by molar-refractivity contribution is -0.384. The van der Waals surface area contributed by atoms with Crippen molar-refractivity contribution >= 4 is 23.1 Å². The molecule has 0 unspecified atom stereocenters. The molecule has 0 aliphatic rings. The molecule has 0 radical (unpaired) electrons. The fraction of sp³-hybridized carbons (Fsp3) is 0.200. The van der Waals surface area contributed by atoms with Crippen LogP contribution in [0.4, 0.5) is 15.8 Å². The van der Waals surface area contributed by atoms with E-state index in [-0.39, 0.29) is 5.69 Å². The van der Waals surface area contributed by atoms with Gasteiger partial charge in [-0.15, -0.1) is 11.8 Å². The number of thioether (sulfide) groups is 1. The summed E-state index contributed by atoms with van der Waals surface area (Å²) in [5.74, 6) is -0.608. The second-order valence-electron chi connectivity index (χ2n) is 4.59. The molecule has 0 spiro atoms. The molecule has 0 atom stereocenters. The first-order valence-corrected chi connectivity index (χ1v) is 7.51. The van der Waals surface area contributed by atoms with Crippen LogP contribution in [-0.4, -0.2) is 18.2 Å². The molecule has 4 nitrogen and oxygen atoms in total. The Morgan fingerprint density at radius 2 is 1.90 bits per heavy atom. The Hall–Kier alpha value is -2.08. The highest BCUT2D eigenvalue weighted by Crippen LogP contribution is 2.29. The monoisotopic (exact) mass is 306 g/mol. The largest absolute Gasteiger partial charge is 0.365 e. The summed E-state index contributed by atoms with van der Waals surface area (Å²) in [7, 11) is 1.75. The van der Waals surface area contributed by atoms with Crippen molar-refractivity contribution in [3.8, 4) is 0 Å². The fourth-order valence-electron chi connectivity index (χ4n) is 2.06. The highest BCUT2D eigenvalue weighted by molar-refractivity contribution is 7.98. The zero-order chi connectivity index (χ0) is 15.4. The maximum Gasteiger partial charge on any atom is 0.295 e. The molecule has 21 heavy (non-hydrogen) atoms. The molecule has 0 bridgehead atoms. The third-order valence-electron chi connectivity index (χ3n) is 3.12. The minimum atomic E-state index is -0.608. The lowest BCUT2D eigenvalue weighted by Gasteiger charge is -2.19. The molecule has 0 aliphatic carbocycles. The van der Waals surface area contributed by atoms with Crippen LogP contribution in [0.5, 0.6) is 0 Å². The predicted octanol–water partition coefficient (Wildman–Crippen LogP) is 4.09. The number of halogens is 1. The molecule has 0 aliphatic heterocycles. The molecule has 0 aromatic heterocycles. The molecule has 0 saturated heterocycles. The van der Waals surface area contributed by atoms with Gasteiger partial charge in [0.15, 0.2) is 0 Å². The number of rotatable bonds is 5. The van der Waals surface area contributed by atoms with Crippen molar-refractivity contribution in [2.24, 2.45) is 0 Å². The van der Waals surface area contributed by atoms with Gasteiger partial charge in [-0.1, -0.05) is 12.1 Å². The van der Waals surface area contributed by atoms with Gasteiger partial charge in [0.25, 0.3) is 5.69 Å². The van der Waals surface area contributed by atoms with Crippen molar-refractivity contribution in [1.82, 2.24) is 0 Å². The fourth-order valence-corrected chi connectivity index (χ4v) is 2.46. The third-order valence-corrected chi connectivity index (χ3v) is 3.87. The Kier molecular flexibility index (Phi) is 4.80. The molecule has 110 valence electrons. The number of benzene rings is 2. The van der Waals surface area contributed by atoms with E-state index < -0.39 is 10.7 Å². The van der Waals surface area contributed by atoms with Crippen LogP contribution in [0.25, 0.3) is 0 Å². The van der Waals surface area contributed by atoms with E-state index in [1.54, 1.807) is 23.7 Å². The predicted molar refractivity (Wildman–Crippen MR) is 83.4 cm³/mol. The standard InChI is InChI=1S/C15H15FN2O2S/c1-17(10-11-3-6-13(21-2)7-4-11)14-8-5-12(16)9-15(14)18(19)20/h3-9H,10H2,1-2H3. The molecule has 0 heterocycles. The first-order valence-electron chi connectivity index (χ1n) is 6.29. The normalized spacial score (nSPS) is 10.4. The summed E-state index contributed by atoms with van der Waals surface area (Å²) in [5, 5.41) is 11.0. The van der Waals surface area contributed by atoms with E-state index in [2.05, 4.69) is 0 Å². The summed E-state index contributed by atoms with van der Waals surface area (Å²) in [6.45, 7) is 0.515. The van der Waals surface area contributed by atoms with Gasteiger partial charge in [-0.05, 0) is 36.1 Å². The molecular formula is C15H15FN2O2S. The van der Waals surface area contributed by atoms with Gasteiger partial charge in [0, 0.05) is 18.5 Å². The average molecular weight is 306 g/mol. The molecule has 0 amide bonds. The molecule has 6 heteroatoms. The summed E-state index contributed by atoms with van der Waals surface area (Å²) in [6, 6.07) is 11.6. The van der Waals surface area contributed by atoms with Gasteiger partial charge in [0.1, 0.15) is 11.5 Å². The van der Waals surface area contributed by atoms with Crippen molar-refractivity contribution in [1.29, 1.82) is 0 Å². The van der Waals surface area contributed by atoms with Crippen LogP contribution in [0.15, 0.2) is 47.4 Å². The van der Waals surface area contributed by atoms with Gasteiger partial charge >= 0.3 is 0 Å². The van der Waals surface area contributed by atoms with E-state index in [1.807, 2.05) is 30.5 Å². The van der Waals surface area contributed by atoms with E-state index in [0.717, 1.165) is 16.5 Å². The van der Waals surface area contributed by atoms with Crippen LogP contribution >= 0.6 is 11.8 Å². The molecular weight excluding hydrogens is 291 g/mol. The lowest BCUT2D eigenvalue weighted by atomic mass is 10.2. The summed E-state index contributed by atoms with van der Waals surface area (Å²) < 4.78 is 13.2. The van der Waals surface area contributed by atoms with E-state index in [4.69, 9.17) is 0 Å². The number of hydrogen-bond acceptors (Lipinski definition) is 4. The number of anilines is 1. The highest BCUT2D eigenvalue weighted by Gasteiger charge is 2.18. The summed E-state index contributed by atoms with van der Waals surface area (Å²) in [4.78, 5) is 13.4. The Balaban J connectivity index is 2.23. The first-order chi connectivity index (χ1) is 10.0. The lowest BCUT2D eigenvalue weighted by Crippen LogP contribution is -2.17. The summed E-state index contributed by atoms with van der Waals surface area (Å²) >= 11 is 1.66. The minimum Gasteiger partial charge on any atom is -0.365 e. The van der Waals surface area contributed by atoms with Crippen LogP contribution in [0.3, 0.4) is 0 Å². The topological polar surface area (TPSA) is 46.4 Å². The maximum atomic E-state index is 13.2. The molecule has 0 fully saturated rings. The van der Waals surface area contributed by atoms with Gasteiger partial charge in [-0.2, -0.15) is 0 Å². The SMILES string of the molecule is CSc1ccc(CN(C)c2ccc(F)cc2[N+](=O)[O-])cc1. The Labute approximate surface area is 126 Å². The van der Waals surface area contributed by atoms with Gasteiger partial charge < -0.3 is 4.90 Å². The van der Waals surface area contributed by atoms with E-state index in [1.165, 1.54) is 12.1 Å². The van der Waals surface area contributed by atoms with Crippen LogP contribution in [0.1, 0.15) is 5.56 Å². The van der Waals surface area contributed by atoms with Crippen molar-refractivity contribution in [3.63, 3.8) is 0 Å². The zero-order valence-electron chi connectivity index (χ0n) is 11.7. The quantitative estimate of drug-likeness (QED) is 0.474. The number of hydrogen-bond donors (Lipinski definition) is 0. The van der Waals surface area contributed by atoms with Crippen LogP contribution < -0.4 is 4.90 Å². The molecule has 2 rings (SSSR count). The van der Waals surface area contributed by atoms with E-state index in [0.29, 0.717) is 12.2 Å². The van der Waals surface area contributed by atoms with Crippen LogP contribution in [0.2, 0.25) is 0 Å². The Morgan fingerprint density at radius 3 is 2.48 bits per heavy atom. The number of nitro groups is 1. The molecule has 2 aromatic rings. The summed E-state index contributed by atoms with van der Waals surface area (Å²) in [5.41, 5.74) is 1.21. The highest BCUT2D eigenvalue weighted by atomic mass is 32.2. The van der Waals surface area contributed by atoms with Gasteiger partial charge in [0.05, 0.1) is 11.0 Å². The second kappa shape index (κ2) is 6.58. The smallest absolute Gasteiger partial charge is 0.295 e. The van der Waals surface area contributed by atoms with Gasteiger partial charge in [-0.25, -0.2) is 4.39 Å². The molecule has 0 saturated carbocycles. The van der Waals surface area contributed by atoms with Crippen molar-refractivity contribution in [2.45, 2.75) is 11.4 Å². The number of nitro benzene ring substituents is 1. The van der Waals surface area contributed by atoms with E-state index >= 15 is 0 Å². The van der Waals surface area contributed by atoms with Crippen molar-refractivity contribution in [3.05, 3.63) is 64.0 Å². The average Bonchev–Trinajstić information content (AvgIpc) is 2.47. The van der Waals surface area contributed by atoms with Crippen LogP contribution in [-0.2, 0) is 6.54 Å². The van der Waals surface area contributed by atoms with Crippen molar-refractivity contribution < 1.29 is 9.31 Å². The van der Waals surface area contributed by atoms with Gasteiger partial charge in [0.2, 0.25) is 0 Å². The Bertz CT molecular complexity index is 647. The third kappa shape index (κ3) is 3.72. The first kappa shape index (κ1) is 15.3. The maximum absolute atomic E-state index is 13.2.